The number of rotatable bonds is 4. The highest BCUT2D eigenvalue weighted by atomic mass is 32.2. The van der Waals surface area contributed by atoms with E-state index in [2.05, 4.69) is 0 Å². The molecule has 0 fully saturated rings. The van der Waals surface area contributed by atoms with Gasteiger partial charge in [-0.3, -0.25) is 4.79 Å². The van der Waals surface area contributed by atoms with Gasteiger partial charge in [0.15, 0.2) is 4.90 Å². The summed E-state index contributed by atoms with van der Waals surface area (Å²) in [6.45, 7) is 1.17. The van der Waals surface area contributed by atoms with E-state index in [1.807, 2.05) is 0 Å². The molecule has 0 saturated heterocycles. The standard InChI is InChI=1S/C9H10F2N2O3S/c1-5(9(12)14)13-17(15,16)8-6(10)3-2-4-7(8)11/h2-5,13H,1H3,(H2,12,14). The average Bonchev–Trinajstić information content (AvgIpc) is 2.15. The number of carbonyl (C=O) groups excluding carboxylic acids is 1. The van der Waals surface area contributed by atoms with Crippen LogP contribution in [0.3, 0.4) is 0 Å². The predicted molar refractivity (Wildman–Crippen MR) is 55.3 cm³/mol. The summed E-state index contributed by atoms with van der Waals surface area (Å²) in [5.74, 6) is -3.44. The molecule has 1 rings (SSSR count). The van der Waals surface area contributed by atoms with Gasteiger partial charge in [0.25, 0.3) is 0 Å². The number of halogens is 2. The van der Waals surface area contributed by atoms with Crippen molar-refractivity contribution in [2.45, 2.75) is 17.9 Å². The SMILES string of the molecule is CC(NS(=O)(=O)c1c(F)cccc1F)C(N)=O. The normalized spacial score (nSPS) is 13.4. The second-order valence-corrected chi connectivity index (χ2v) is 4.95. The van der Waals surface area contributed by atoms with E-state index < -0.39 is 38.5 Å². The number of primary amides is 1. The molecule has 0 spiro atoms. The second kappa shape index (κ2) is 4.76. The highest BCUT2D eigenvalue weighted by molar-refractivity contribution is 7.89. The zero-order chi connectivity index (χ0) is 13.2. The van der Waals surface area contributed by atoms with Gasteiger partial charge in [0.1, 0.15) is 11.6 Å². The first-order valence-corrected chi connectivity index (χ1v) is 5.99. The number of nitrogens with one attached hydrogen (secondary N) is 1. The van der Waals surface area contributed by atoms with E-state index in [0.29, 0.717) is 0 Å². The van der Waals surface area contributed by atoms with Crippen molar-refractivity contribution in [1.29, 1.82) is 0 Å². The van der Waals surface area contributed by atoms with Crippen LogP contribution in [0.2, 0.25) is 0 Å². The van der Waals surface area contributed by atoms with Crippen molar-refractivity contribution >= 4 is 15.9 Å². The molecule has 0 heterocycles. The fourth-order valence-electron chi connectivity index (χ4n) is 1.09. The van der Waals surface area contributed by atoms with Crippen LogP contribution in [0.15, 0.2) is 23.1 Å². The number of carbonyl (C=O) groups is 1. The van der Waals surface area contributed by atoms with Gasteiger partial charge < -0.3 is 5.73 Å². The highest BCUT2D eigenvalue weighted by Gasteiger charge is 2.26. The lowest BCUT2D eigenvalue weighted by molar-refractivity contribution is -0.119. The molecule has 0 aromatic heterocycles. The summed E-state index contributed by atoms with van der Waals surface area (Å²) in [6.07, 6.45) is 0. The molecular formula is C9H10F2N2O3S. The summed E-state index contributed by atoms with van der Waals surface area (Å²) < 4.78 is 51.4. The first-order chi connectivity index (χ1) is 7.75. The Kier molecular flexibility index (Phi) is 3.79. The lowest BCUT2D eigenvalue weighted by Gasteiger charge is -2.11. The number of sulfonamides is 1. The van der Waals surface area contributed by atoms with Gasteiger partial charge >= 0.3 is 0 Å². The summed E-state index contributed by atoms with van der Waals surface area (Å²) >= 11 is 0. The molecule has 1 aromatic rings. The fourth-order valence-corrected chi connectivity index (χ4v) is 2.44. The largest absolute Gasteiger partial charge is 0.368 e. The third-order valence-electron chi connectivity index (χ3n) is 1.95. The van der Waals surface area contributed by atoms with E-state index in [1.165, 1.54) is 6.92 Å². The molecule has 0 aliphatic rings. The van der Waals surface area contributed by atoms with E-state index in [9.17, 15) is 22.0 Å². The van der Waals surface area contributed by atoms with E-state index in [4.69, 9.17) is 5.73 Å². The number of benzene rings is 1. The molecule has 0 aliphatic heterocycles. The fraction of sp³-hybridized carbons (Fsp3) is 0.222. The Balaban J connectivity index is 3.19. The molecule has 1 aromatic carbocycles. The molecule has 3 N–H and O–H groups in total. The monoisotopic (exact) mass is 264 g/mol. The summed E-state index contributed by atoms with van der Waals surface area (Å²) in [5, 5.41) is 0. The molecule has 8 heteroatoms. The molecule has 0 saturated carbocycles. The Morgan fingerprint density at radius 1 is 1.35 bits per heavy atom. The van der Waals surface area contributed by atoms with Crippen molar-refractivity contribution in [2.24, 2.45) is 5.73 Å². The first kappa shape index (κ1) is 13.5. The number of hydrogen-bond acceptors (Lipinski definition) is 3. The number of nitrogens with two attached hydrogens (primary N) is 1. The third kappa shape index (κ3) is 2.98. The minimum atomic E-state index is -4.47. The number of amides is 1. The minimum Gasteiger partial charge on any atom is -0.368 e. The Labute approximate surface area is 96.7 Å². The first-order valence-electron chi connectivity index (χ1n) is 4.51. The lowest BCUT2D eigenvalue weighted by Crippen LogP contribution is -2.42. The van der Waals surface area contributed by atoms with Crippen LogP contribution in [-0.4, -0.2) is 20.4 Å². The van der Waals surface area contributed by atoms with Gasteiger partial charge in [-0.25, -0.2) is 17.2 Å². The predicted octanol–water partition coefficient (Wildman–Crippen LogP) is 0.117. The Hall–Kier alpha value is -1.54. The van der Waals surface area contributed by atoms with Crippen LogP contribution >= 0.6 is 0 Å². The van der Waals surface area contributed by atoms with E-state index in [-0.39, 0.29) is 0 Å². The molecular weight excluding hydrogens is 254 g/mol. The third-order valence-corrected chi connectivity index (χ3v) is 3.54. The van der Waals surface area contributed by atoms with Gasteiger partial charge in [0, 0.05) is 0 Å². The van der Waals surface area contributed by atoms with Crippen LogP contribution in [0.5, 0.6) is 0 Å². The highest BCUT2D eigenvalue weighted by Crippen LogP contribution is 2.18. The maximum absolute atomic E-state index is 13.2. The Morgan fingerprint density at radius 2 is 1.82 bits per heavy atom. The van der Waals surface area contributed by atoms with Gasteiger partial charge in [0.2, 0.25) is 15.9 Å². The maximum Gasteiger partial charge on any atom is 0.247 e. The van der Waals surface area contributed by atoms with Gasteiger partial charge in [-0.05, 0) is 19.1 Å². The maximum atomic E-state index is 13.2. The van der Waals surface area contributed by atoms with Crippen molar-refractivity contribution < 1.29 is 22.0 Å². The summed E-state index contributed by atoms with van der Waals surface area (Å²) in [7, 11) is -4.47. The molecule has 0 bridgehead atoms. The smallest absolute Gasteiger partial charge is 0.247 e. The van der Waals surface area contributed by atoms with Crippen molar-refractivity contribution in [3.8, 4) is 0 Å². The molecule has 5 nitrogen and oxygen atoms in total. The van der Waals surface area contributed by atoms with Crippen LogP contribution in [0.4, 0.5) is 8.78 Å². The zero-order valence-electron chi connectivity index (χ0n) is 8.78. The van der Waals surface area contributed by atoms with Crippen molar-refractivity contribution in [3.05, 3.63) is 29.8 Å². The molecule has 17 heavy (non-hydrogen) atoms. The van der Waals surface area contributed by atoms with E-state index in [0.717, 1.165) is 18.2 Å². The Morgan fingerprint density at radius 3 is 2.24 bits per heavy atom. The van der Waals surface area contributed by atoms with Crippen molar-refractivity contribution in [3.63, 3.8) is 0 Å². The Bertz CT molecular complexity index is 525. The summed E-state index contributed by atoms with van der Waals surface area (Å²) in [5.41, 5.74) is 4.84. The number of hydrogen-bond donors (Lipinski definition) is 2. The van der Waals surface area contributed by atoms with Gasteiger partial charge in [-0.15, -0.1) is 0 Å². The molecule has 94 valence electrons. The van der Waals surface area contributed by atoms with Crippen molar-refractivity contribution in [2.75, 3.05) is 0 Å². The topological polar surface area (TPSA) is 89.3 Å². The van der Waals surface area contributed by atoms with Gasteiger partial charge in [-0.1, -0.05) is 6.07 Å². The van der Waals surface area contributed by atoms with Gasteiger partial charge in [0.05, 0.1) is 6.04 Å². The van der Waals surface area contributed by atoms with Crippen LogP contribution in [-0.2, 0) is 14.8 Å². The average molecular weight is 264 g/mol. The summed E-state index contributed by atoms with van der Waals surface area (Å²) in [6, 6.07) is 1.36. The second-order valence-electron chi connectivity index (χ2n) is 3.30. The van der Waals surface area contributed by atoms with Gasteiger partial charge in [-0.2, -0.15) is 4.72 Å². The molecule has 0 radical (unpaired) electrons. The quantitative estimate of drug-likeness (QED) is 0.809. The molecule has 1 unspecified atom stereocenters. The van der Waals surface area contributed by atoms with E-state index >= 15 is 0 Å². The zero-order valence-corrected chi connectivity index (χ0v) is 9.59. The van der Waals surface area contributed by atoms with Crippen LogP contribution in [0.1, 0.15) is 6.92 Å². The van der Waals surface area contributed by atoms with Crippen LogP contribution in [0.25, 0.3) is 0 Å². The van der Waals surface area contributed by atoms with E-state index in [1.54, 1.807) is 4.72 Å². The summed E-state index contributed by atoms with van der Waals surface area (Å²) in [4.78, 5) is 9.55. The van der Waals surface area contributed by atoms with Crippen molar-refractivity contribution in [1.82, 2.24) is 4.72 Å². The lowest BCUT2D eigenvalue weighted by atomic mass is 10.3. The molecule has 1 atom stereocenters. The van der Waals surface area contributed by atoms with Crippen LogP contribution < -0.4 is 10.5 Å². The van der Waals surface area contributed by atoms with Crippen LogP contribution in [0, 0.1) is 11.6 Å². The minimum absolute atomic E-state index is 0.798. The molecule has 1 amide bonds. The molecule has 0 aliphatic carbocycles.